The molecule has 2 aromatic carbocycles. The Hall–Kier alpha value is -2.87. The van der Waals surface area contributed by atoms with Gasteiger partial charge in [-0.25, -0.2) is 0 Å². The van der Waals surface area contributed by atoms with Gasteiger partial charge < -0.3 is 4.57 Å². The highest BCUT2D eigenvalue weighted by atomic mass is 15.0. The first kappa shape index (κ1) is 13.8. The first-order valence-electron chi connectivity index (χ1n) is 7.87. The van der Waals surface area contributed by atoms with Crippen molar-refractivity contribution in [1.29, 1.82) is 0 Å². The molecule has 2 aromatic heterocycles. The Balaban J connectivity index is 1.97. The molecule has 2 nitrogen and oxygen atoms in total. The fourth-order valence-corrected chi connectivity index (χ4v) is 3.26. The van der Waals surface area contributed by atoms with Crippen LogP contribution in [0.5, 0.6) is 0 Å². The average Bonchev–Trinajstić information content (AvgIpc) is 2.89. The first-order valence-corrected chi connectivity index (χ1v) is 7.87. The second kappa shape index (κ2) is 5.73. The number of hydrogen-bond donors (Lipinski definition) is 0. The van der Waals surface area contributed by atoms with Crippen molar-refractivity contribution in [1.82, 2.24) is 9.55 Å². The zero-order chi connectivity index (χ0) is 15.6. The summed E-state index contributed by atoms with van der Waals surface area (Å²) in [7, 11) is 0. The lowest BCUT2D eigenvalue weighted by Gasteiger charge is -2.12. The molecule has 0 fully saturated rings. The largest absolute Gasteiger partial charge is 0.336 e. The van der Waals surface area contributed by atoms with Crippen LogP contribution in [0.1, 0.15) is 11.1 Å². The van der Waals surface area contributed by atoms with Gasteiger partial charge in [0.2, 0.25) is 0 Å². The summed E-state index contributed by atoms with van der Waals surface area (Å²) in [6, 6.07) is 23.3. The summed E-state index contributed by atoms with van der Waals surface area (Å²) in [5, 5.41) is 1.22. The molecule has 0 N–H and O–H groups in total. The second-order valence-corrected chi connectivity index (χ2v) is 5.80. The summed E-state index contributed by atoms with van der Waals surface area (Å²) in [5.41, 5.74) is 6.35. The van der Waals surface area contributed by atoms with Crippen LogP contribution in [0.4, 0.5) is 0 Å². The molecule has 4 aromatic rings. The number of fused-ring (bicyclic) bond motifs is 1. The van der Waals surface area contributed by atoms with Crippen LogP contribution < -0.4 is 0 Å². The smallest absolute Gasteiger partial charge is 0.0524 e. The van der Waals surface area contributed by atoms with E-state index in [1.165, 1.54) is 33.3 Å². The van der Waals surface area contributed by atoms with Gasteiger partial charge in [-0.2, -0.15) is 0 Å². The molecule has 2 heterocycles. The summed E-state index contributed by atoms with van der Waals surface area (Å²) in [4.78, 5) is 4.32. The third-order valence-electron chi connectivity index (χ3n) is 4.35. The van der Waals surface area contributed by atoms with Crippen LogP contribution in [0.15, 0.2) is 79.1 Å². The lowest BCUT2D eigenvalue weighted by atomic mass is 10.1. The minimum absolute atomic E-state index is 0.861. The van der Waals surface area contributed by atoms with Gasteiger partial charge in [0.15, 0.2) is 0 Å². The normalized spacial score (nSPS) is 11.0. The molecule has 112 valence electrons. The van der Waals surface area contributed by atoms with E-state index in [4.69, 9.17) is 0 Å². The van der Waals surface area contributed by atoms with E-state index < -0.39 is 0 Å². The average molecular weight is 298 g/mol. The SMILES string of the molecule is Cc1c(-c2ccccc2)n(Cc2ccccc2)c2ccncc12. The molecule has 0 amide bonds. The number of rotatable bonds is 3. The van der Waals surface area contributed by atoms with Crippen molar-refractivity contribution in [3.63, 3.8) is 0 Å². The fourth-order valence-electron chi connectivity index (χ4n) is 3.26. The van der Waals surface area contributed by atoms with E-state index in [1.54, 1.807) is 0 Å². The molecule has 0 atom stereocenters. The zero-order valence-electron chi connectivity index (χ0n) is 13.1. The van der Waals surface area contributed by atoms with Crippen molar-refractivity contribution in [2.75, 3.05) is 0 Å². The van der Waals surface area contributed by atoms with Gasteiger partial charge in [0.1, 0.15) is 0 Å². The van der Waals surface area contributed by atoms with E-state index in [-0.39, 0.29) is 0 Å². The summed E-state index contributed by atoms with van der Waals surface area (Å²) < 4.78 is 2.40. The zero-order valence-corrected chi connectivity index (χ0v) is 13.1. The van der Waals surface area contributed by atoms with E-state index in [9.17, 15) is 0 Å². The van der Waals surface area contributed by atoms with Gasteiger partial charge in [0.25, 0.3) is 0 Å². The van der Waals surface area contributed by atoms with Crippen molar-refractivity contribution in [2.24, 2.45) is 0 Å². The molecular weight excluding hydrogens is 280 g/mol. The fraction of sp³-hybridized carbons (Fsp3) is 0.0952. The Labute approximate surface area is 136 Å². The molecular formula is C21H18N2. The molecule has 0 saturated heterocycles. The maximum absolute atomic E-state index is 4.32. The number of benzene rings is 2. The highest BCUT2D eigenvalue weighted by Gasteiger charge is 2.15. The van der Waals surface area contributed by atoms with E-state index in [0.717, 1.165) is 6.54 Å². The van der Waals surface area contributed by atoms with Crippen LogP contribution in [0.3, 0.4) is 0 Å². The van der Waals surface area contributed by atoms with Gasteiger partial charge in [-0.3, -0.25) is 4.98 Å². The van der Waals surface area contributed by atoms with E-state index >= 15 is 0 Å². The summed E-state index contributed by atoms with van der Waals surface area (Å²) >= 11 is 0. The van der Waals surface area contributed by atoms with E-state index in [1.807, 2.05) is 12.4 Å². The molecule has 4 rings (SSSR count). The highest BCUT2D eigenvalue weighted by Crippen LogP contribution is 2.33. The number of hydrogen-bond acceptors (Lipinski definition) is 1. The Morgan fingerprint density at radius 1 is 0.870 bits per heavy atom. The molecule has 23 heavy (non-hydrogen) atoms. The molecule has 0 aliphatic heterocycles. The Kier molecular flexibility index (Phi) is 3.43. The quantitative estimate of drug-likeness (QED) is 0.517. The number of pyridine rings is 1. The van der Waals surface area contributed by atoms with Gasteiger partial charge in [0, 0.05) is 24.3 Å². The molecule has 0 spiro atoms. The summed E-state index contributed by atoms with van der Waals surface area (Å²) in [6.45, 7) is 3.05. The summed E-state index contributed by atoms with van der Waals surface area (Å²) in [5.74, 6) is 0. The topological polar surface area (TPSA) is 17.8 Å². The molecule has 0 aliphatic rings. The molecule has 0 unspecified atom stereocenters. The maximum Gasteiger partial charge on any atom is 0.0524 e. The van der Waals surface area contributed by atoms with Crippen molar-refractivity contribution >= 4 is 10.9 Å². The van der Waals surface area contributed by atoms with Crippen LogP contribution >= 0.6 is 0 Å². The standard InChI is InChI=1S/C21H18N2/c1-16-19-14-22-13-12-20(19)23(15-17-8-4-2-5-9-17)21(16)18-10-6-3-7-11-18/h2-14H,15H2,1H3. The van der Waals surface area contributed by atoms with Crippen LogP contribution in [0.2, 0.25) is 0 Å². The third-order valence-corrected chi connectivity index (χ3v) is 4.35. The summed E-state index contributed by atoms with van der Waals surface area (Å²) in [6.07, 6.45) is 3.84. The monoisotopic (exact) mass is 298 g/mol. The number of nitrogens with zero attached hydrogens (tertiary/aromatic N) is 2. The third kappa shape index (κ3) is 2.42. The lowest BCUT2D eigenvalue weighted by molar-refractivity contribution is 0.842. The number of aromatic nitrogens is 2. The molecule has 0 aliphatic carbocycles. The van der Waals surface area contributed by atoms with Crippen LogP contribution in [-0.2, 0) is 6.54 Å². The Morgan fingerprint density at radius 3 is 2.30 bits per heavy atom. The highest BCUT2D eigenvalue weighted by molar-refractivity contribution is 5.91. The van der Waals surface area contributed by atoms with Gasteiger partial charge in [0.05, 0.1) is 11.2 Å². The van der Waals surface area contributed by atoms with Crippen LogP contribution in [0.25, 0.3) is 22.2 Å². The van der Waals surface area contributed by atoms with Crippen molar-refractivity contribution in [3.05, 3.63) is 90.3 Å². The molecule has 0 saturated carbocycles. The predicted octanol–water partition coefficient (Wildman–Crippen LogP) is 5.06. The molecule has 0 bridgehead atoms. The second-order valence-electron chi connectivity index (χ2n) is 5.80. The first-order chi connectivity index (χ1) is 11.3. The van der Waals surface area contributed by atoms with Crippen LogP contribution in [0, 0.1) is 6.92 Å². The predicted molar refractivity (Wildman–Crippen MR) is 95.5 cm³/mol. The number of aryl methyl sites for hydroxylation is 1. The van der Waals surface area contributed by atoms with E-state index in [0.29, 0.717) is 0 Å². The maximum atomic E-state index is 4.32. The molecule has 2 heteroatoms. The minimum atomic E-state index is 0.861. The Bertz CT molecular complexity index is 938. The Morgan fingerprint density at radius 2 is 1.57 bits per heavy atom. The lowest BCUT2D eigenvalue weighted by Crippen LogP contribution is -2.02. The van der Waals surface area contributed by atoms with Gasteiger partial charge in [-0.05, 0) is 29.7 Å². The molecule has 0 radical (unpaired) electrons. The van der Waals surface area contributed by atoms with Gasteiger partial charge in [-0.15, -0.1) is 0 Å². The van der Waals surface area contributed by atoms with Crippen molar-refractivity contribution < 1.29 is 0 Å². The van der Waals surface area contributed by atoms with Gasteiger partial charge in [-0.1, -0.05) is 60.7 Å². The van der Waals surface area contributed by atoms with Crippen molar-refractivity contribution in [3.8, 4) is 11.3 Å². The van der Waals surface area contributed by atoms with E-state index in [2.05, 4.69) is 83.2 Å². The van der Waals surface area contributed by atoms with Crippen LogP contribution in [-0.4, -0.2) is 9.55 Å². The van der Waals surface area contributed by atoms with Gasteiger partial charge >= 0.3 is 0 Å². The van der Waals surface area contributed by atoms with Crippen molar-refractivity contribution in [2.45, 2.75) is 13.5 Å². The minimum Gasteiger partial charge on any atom is -0.336 e.